The summed E-state index contributed by atoms with van der Waals surface area (Å²) in [6.07, 6.45) is 0. The SMILES string of the molecule is Cl.Cl.Cl.O=S(=O)(O)O.[Ca+2].[Ca+2].[H-].[H-].[H-].[H-].[H-].[H-].[K+].[Na+]. The van der Waals surface area contributed by atoms with E-state index in [2.05, 4.69) is 0 Å². The molecule has 0 aromatic rings. The van der Waals surface area contributed by atoms with Crippen LogP contribution in [0, 0.1) is 0 Å². The number of hydrogen-bond donors (Lipinski definition) is 2. The Bertz CT molecular complexity index is 128. The van der Waals surface area contributed by atoms with Crippen LogP contribution in [0.15, 0.2) is 0 Å². The van der Waals surface area contributed by atoms with Crippen LogP contribution in [0.2, 0.25) is 0 Å². The molecule has 0 atom stereocenters. The summed E-state index contributed by atoms with van der Waals surface area (Å²) in [5.41, 5.74) is 0. The first-order chi connectivity index (χ1) is 2.00. The maximum Gasteiger partial charge on any atom is 2.00 e. The smallest absolute Gasteiger partial charge is 1.00 e. The molecule has 0 bridgehead atoms. The standard InChI is InChI=1S/2Ca.3ClH.K.Na.H2O4S.6H/c;;;;;;;1-5(2,3)4;;;;;;/h;;3*1H;;;(H2,1,2,3,4);;;;;;/q2*+2;;;;2*+1;;6*-1. The van der Waals surface area contributed by atoms with Crippen LogP contribution in [-0.2, 0) is 10.4 Å². The van der Waals surface area contributed by atoms with Crippen molar-refractivity contribution in [3.8, 4) is 0 Å². The minimum Gasteiger partial charge on any atom is -1.00 e. The number of halogens is 3. The van der Waals surface area contributed by atoms with Gasteiger partial charge in [-0.2, -0.15) is 8.42 Å². The van der Waals surface area contributed by atoms with Gasteiger partial charge in [0.15, 0.2) is 0 Å². The molecule has 0 aliphatic rings. The van der Waals surface area contributed by atoms with Crippen molar-refractivity contribution in [3.63, 3.8) is 0 Å². The molecule has 0 fully saturated rings. The average Bonchev–Trinajstić information content (AvgIpc) is 0.722. The molecule has 0 aliphatic carbocycles. The second-order valence-electron chi connectivity index (χ2n) is 0.448. The van der Waals surface area contributed by atoms with Gasteiger partial charge in [0.05, 0.1) is 0 Å². The Hall–Kier alpha value is 5.90. The van der Waals surface area contributed by atoms with Crippen molar-refractivity contribution in [2.75, 3.05) is 0 Å². The van der Waals surface area contributed by atoms with E-state index in [4.69, 9.17) is 17.5 Å². The molecule has 0 spiro atoms. The van der Waals surface area contributed by atoms with E-state index in [1.807, 2.05) is 0 Å². The van der Waals surface area contributed by atoms with Gasteiger partial charge in [-0.05, 0) is 0 Å². The van der Waals surface area contributed by atoms with E-state index in [1.165, 1.54) is 0 Å². The fourth-order valence-electron chi connectivity index (χ4n) is 0. The Balaban J connectivity index is -0.00000000103. The Labute approximate surface area is 224 Å². The van der Waals surface area contributed by atoms with E-state index >= 15 is 0 Å². The number of rotatable bonds is 0. The zero-order valence-corrected chi connectivity index (χ0v) is 19.6. The molecule has 68 valence electrons. The van der Waals surface area contributed by atoms with Gasteiger partial charge in [0.1, 0.15) is 0 Å². The normalized spacial score (nSPS) is 4.83. The molecule has 0 saturated heterocycles. The summed E-state index contributed by atoms with van der Waals surface area (Å²) in [5, 5.41) is 0. The average molecular weight is 356 g/mol. The quantitative estimate of drug-likeness (QED) is 0.336. The first kappa shape index (κ1) is 52.2. The van der Waals surface area contributed by atoms with Gasteiger partial charge < -0.3 is 8.56 Å². The maximum atomic E-state index is 8.74. The zero-order valence-electron chi connectivity index (χ0n) is 12.8. The van der Waals surface area contributed by atoms with E-state index in [-0.39, 0.29) is 202 Å². The van der Waals surface area contributed by atoms with Crippen LogP contribution in [-0.4, -0.2) is 93.0 Å². The van der Waals surface area contributed by atoms with Gasteiger partial charge in [-0.3, -0.25) is 9.11 Å². The van der Waals surface area contributed by atoms with Crippen molar-refractivity contribution in [2.45, 2.75) is 0 Å². The van der Waals surface area contributed by atoms with Gasteiger partial charge in [0, 0.05) is 0 Å². The Morgan fingerprint density at radius 2 is 0.917 bits per heavy atom. The fourth-order valence-corrected chi connectivity index (χ4v) is 0. The maximum absolute atomic E-state index is 8.74. The molecule has 0 radical (unpaired) electrons. The molecule has 0 heterocycles. The van der Waals surface area contributed by atoms with Gasteiger partial charge in [0.25, 0.3) is 0 Å². The third-order valence-corrected chi connectivity index (χ3v) is 0. The topological polar surface area (TPSA) is 74.6 Å². The van der Waals surface area contributed by atoms with Crippen LogP contribution in [0.3, 0.4) is 0 Å². The van der Waals surface area contributed by atoms with Crippen LogP contribution < -0.4 is 80.9 Å². The summed E-state index contributed by atoms with van der Waals surface area (Å²) in [4.78, 5) is 0. The molecule has 12 heavy (non-hydrogen) atoms. The van der Waals surface area contributed by atoms with Crippen molar-refractivity contribution >= 4 is 123 Å². The van der Waals surface area contributed by atoms with Crippen LogP contribution in [0.4, 0.5) is 0 Å². The van der Waals surface area contributed by atoms with E-state index in [1.54, 1.807) is 0 Å². The summed E-state index contributed by atoms with van der Waals surface area (Å²) in [6, 6.07) is 0. The number of hydrogen-bond acceptors (Lipinski definition) is 2. The van der Waals surface area contributed by atoms with E-state index < -0.39 is 10.4 Å². The van der Waals surface area contributed by atoms with Gasteiger partial charge in [-0.15, -0.1) is 37.2 Å². The molecule has 0 aromatic carbocycles. The minimum absolute atomic E-state index is 0. The van der Waals surface area contributed by atoms with Crippen molar-refractivity contribution in [1.82, 2.24) is 0 Å². The second kappa shape index (κ2) is 30.2. The fraction of sp³-hybridized carbons (Fsp3) is 0. The van der Waals surface area contributed by atoms with Crippen LogP contribution in [0.25, 0.3) is 0 Å². The minimum atomic E-state index is -4.67. The molecule has 0 saturated carbocycles. The monoisotopic (exact) mass is 354 g/mol. The van der Waals surface area contributed by atoms with Crippen molar-refractivity contribution in [3.05, 3.63) is 0 Å². The van der Waals surface area contributed by atoms with Gasteiger partial charge >= 0.3 is 167 Å². The Morgan fingerprint density at radius 1 is 0.917 bits per heavy atom. The van der Waals surface area contributed by atoms with Crippen molar-refractivity contribution in [1.29, 1.82) is 0 Å². The zero-order chi connectivity index (χ0) is 4.50. The predicted octanol–water partition coefficient (Wildman–Crippen LogP) is -5.47. The van der Waals surface area contributed by atoms with Crippen LogP contribution in [0.5, 0.6) is 0 Å². The summed E-state index contributed by atoms with van der Waals surface area (Å²) < 4.78 is 31.6. The Kier molecular flexibility index (Phi) is 131. The molecular formula is H11Ca2Cl3KNaO4S. The van der Waals surface area contributed by atoms with Gasteiger partial charge in [-0.25, -0.2) is 0 Å². The third-order valence-electron chi connectivity index (χ3n) is 0. The van der Waals surface area contributed by atoms with Gasteiger partial charge in [-0.1, -0.05) is 0 Å². The summed E-state index contributed by atoms with van der Waals surface area (Å²) >= 11 is 0. The largest absolute Gasteiger partial charge is 2.00 e. The predicted molar refractivity (Wildman–Crippen MR) is 54.1 cm³/mol. The van der Waals surface area contributed by atoms with E-state index in [9.17, 15) is 0 Å². The summed E-state index contributed by atoms with van der Waals surface area (Å²) in [6.45, 7) is 0. The molecule has 0 aliphatic heterocycles. The third kappa shape index (κ3) is 101. The van der Waals surface area contributed by atoms with E-state index in [0.29, 0.717) is 0 Å². The molecule has 2 N–H and O–H groups in total. The van der Waals surface area contributed by atoms with Gasteiger partial charge in [0.2, 0.25) is 0 Å². The molecule has 0 aromatic heterocycles. The molecular weight excluding hydrogens is 345 g/mol. The van der Waals surface area contributed by atoms with Crippen LogP contribution >= 0.6 is 37.2 Å². The molecule has 0 amide bonds. The molecule has 0 rings (SSSR count). The second-order valence-corrected chi connectivity index (χ2v) is 1.34. The summed E-state index contributed by atoms with van der Waals surface area (Å²) in [7, 11) is -4.67. The molecule has 12 heteroatoms. The summed E-state index contributed by atoms with van der Waals surface area (Å²) in [5.74, 6) is 0. The molecule has 4 nitrogen and oxygen atoms in total. The van der Waals surface area contributed by atoms with Crippen molar-refractivity contribution < 1.29 is 107 Å². The van der Waals surface area contributed by atoms with E-state index in [0.717, 1.165) is 0 Å². The Morgan fingerprint density at radius 3 is 0.917 bits per heavy atom. The van der Waals surface area contributed by atoms with Crippen molar-refractivity contribution in [2.24, 2.45) is 0 Å². The first-order valence-corrected chi connectivity index (χ1v) is 2.10. The first-order valence-electron chi connectivity index (χ1n) is 0.698. The molecule has 0 unspecified atom stereocenters. The van der Waals surface area contributed by atoms with Crippen LogP contribution in [0.1, 0.15) is 8.56 Å².